The van der Waals surface area contributed by atoms with Gasteiger partial charge in [0.2, 0.25) is 5.88 Å². The minimum absolute atomic E-state index is 0.127. The average molecular weight is 341 g/mol. The standard InChI is InChI=1S/C16H15N5O4/c1-8-6-17-21-13(8)9-2-4-10(5-3-9)18-14(23)12-15(24)19-11(7-22)20-16(12)25/h2-5,22H,6-7H2,1H3,(H,18,23)(H2,19,20,24,25). The van der Waals surface area contributed by atoms with Crippen LogP contribution in [0.1, 0.15) is 28.7 Å². The number of aromatic amines is 1. The Labute approximate surface area is 141 Å². The van der Waals surface area contributed by atoms with Gasteiger partial charge in [-0.2, -0.15) is 15.2 Å². The van der Waals surface area contributed by atoms with Crippen LogP contribution in [0.2, 0.25) is 0 Å². The van der Waals surface area contributed by atoms with Crippen molar-refractivity contribution < 1.29 is 15.0 Å². The topological polar surface area (TPSA) is 140 Å². The minimum atomic E-state index is -0.835. The lowest BCUT2D eigenvalue weighted by Gasteiger charge is -2.07. The van der Waals surface area contributed by atoms with Gasteiger partial charge in [0.1, 0.15) is 12.4 Å². The highest BCUT2D eigenvalue weighted by molar-refractivity contribution is 6.05. The maximum Gasteiger partial charge on any atom is 0.267 e. The lowest BCUT2D eigenvalue weighted by molar-refractivity contribution is 0.102. The summed E-state index contributed by atoms with van der Waals surface area (Å²) in [6.07, 6.45) is 0. The van der Waals surface area contributed by atoms with Gasteiger partial charge < -0.3 is 20.5 Å². The molecule has 0 saturated carbocycles. The molecule has 1 aromatic carbocycles. The molecule has 0 atom stereocenters. The molecule has 128 valence electrons. The number of nitrogens with one attached hydrogen (secondary N) is 2. The molecule has 0 radical (unpaired) electrons. The first-order chi connectivity index (χ1) is 12.0. The van der Waals surface area contributed by atoms with Crippen LogP contribution in [0.4, 0.5) is 5.69 Å². The zero-order valence-corrected chi connectivity index (χ0v) is 13.3. The van der Waals surface area contributed by atoms with E-state index in [1.54, 1.807) is 24.3 Å². The van der Waals surface area contributed by atoms with Crippen LogP contribution in [0.5, 0.6) is 5.88 Å². The number of nitrogens with zero attached hydrogens (tertiary/aromatic N) is 3. The molecule has 9 heteroatoms. The first-order valence-corrected chi connectivity index (χ1v) is 7.41. The number of aliphatic hydroxyl groups is 1. The van der Waals surface area contributed by atoms with Crippen molar-refractivity contribution in [1.82, 2.24) is 9.97 Å². The number of hydrogen-bond acceptors (Lipinski definition) is 7. The molecule has 3 rings (SSSR count). The fourth-order valence-corrected chi connectivity index (χ4v) is 2.37. The first kappa shape index (κ1) is 16.5. The monoisotopic (exact) mass is 341 g/mol. The predicted molar refractivity (Wildman–Crippen MR) is 89.2 cm³/mol. The van der Waals surface area contributed by atoms with Gasteiger partial charge in [-0.3, -0.25) is 9.59 Å². The van der Waals surface area contributed by atoms with Crippen LogP contribution in [-0.2, 0) is 6.61 Å². The molecule has 0 fully saturated rings. The van der Waals surface area contributed by atoms with Crippen LogP contribution in [0.25, 0.3) is 5.70 Å². The maximum absolute atomic E-state index is 12.2. The number of amides is 1. The van der Waals surface area contributed by atoms with Crippen LogP contribution >= 0.6 is 0 Å². The third kappa shape index (κ3) is 3.31. The molecule has 1 aliphatic heterocycles. The molecule has 2 aromatic rings. The van der Waals surface area contributed by atoms with E-state index in [-0.39, 0.29) is 5.82 Å². The number of benzene rings is 1. The second-order valence-electron chi connectivity index (χ2n) is 5.43. The molecule has 9 nitrogen and oxygen atoms in total. The average Bonchev–Trinajstić information content (AvgIpc) is 3.01. The quantitative estimate of drug-likeness (QED) is 0.665. The number of hydrogen-bond donors (Lipinski definition) is 4. The van der Waals surface area contributed by atoms with E-state index in [0.29, 0.717) is 12.2 Å². The number of azo groups is 1. The first-order valence-electron chi connectivity index (χ1n) is 7.41. The molecule has 4 N–H and O–H groups in total. The summed E-state index contributed by atoms with van der Waals surface area (Å²) in [4.78, 5) is 29.8. The molecule has 0 bridgehead atoms. The molecule has 1 aliphatic rings. The summed E-state index contributed by atoms with van der Waals surface area (Å²) in [5.74, 6) is -1.67. The van der Waals surface area contributed by atoms with Crippen LogP contribution in [0.15, 0.2) is 44.9 Å². The van der Waals surface area contributed by atoms with Crippen LogP contribution in [0, 0.1) is 0 Å². The number of aliphatic hydroxyl groups excluding tert-OH is 1. The summed E-state index contributed by atoms with van der Waals surface area (Å²) < 4.78 is 0. The number of H-pyrrole nitrogens is 1. The van der Waals surface area contributed by atoms with Crippen molar-refractivity contribution in [3.8, 4) is 5.88 Å². The third-order valence-electron chi connectivity index (χ3n) is 3.63. The highest BCUT2D eigenvalue weighted by Gasteiger charge is 2.19. The molecule has 0 saturated heterocycles. The second-order valence-corrected chi connectivity index (χ2v) is 5.43. The van der Waals surface area contributed by atoms with Crippen LogP contribution < -0.4 is 10.9 Å². The summed E-state index contributed by atoms with van der Waals surface area (Å²) in [6, 6.07) is 6.86. The second kappa shape index (κ2) is 6.65. The highest BCUT2D eigenvalue weighted by Crippen LogP contribution is 2.26. The number of aromatic nitrogens is 2. The van der Waals surface area contributed by atoms with E-state index in [4.69, 9.17) is 5.11 Å². The van der Waals surface area contributed by atoms with Gasteiger partial charge in [0.25, 0.3) is 11.5 Å². The highest BCUT2D eigenvalue weighted by atomic mass is 16.3. The Bertz CT molecular complexity index is 944. The Kier molecular flexibility index (Phi) is 4.40. The lowest BCUT2D eigenvalue weighted by Crippen LogP contribution is -2.25. The minimum Gasteiger partial charge on any atom is -0.493 e. The molecular formula is C16H15N5O4. The SMILES string of the molecule is CC1=C(c2ccc(NC(=O)c3c(O)nc(CO)[nH]c3=O)cc2)N=NC1. The summed E-state index contributed by atoms with van der Waals surface area (Å²) in [6.45, 7) is 1.97. The summed E-state index contributed by atoms with van der Waals surface area (Å²) in [5, 5.41) is 29.2. The Balaban J connectivity index is 1.81. The van der Waals surface area contributed by atoms with Gasteiger partial charge in [0, 0.05) is 11.3 Å². The van der Waals surface area contributed by atoms with Crippen molar-refractivity contribution in [2.45, 2.75) is 13.5 Å². The molecule has 2 heterocycles. The van der Waals surface area contributed by atoms with Crippen LogP contribution in [-0.4, -0.2) is 32.6 Å². The van der Waals surface area contributed by atoms with E-state index in [9.17, 15) is 14.7 Å². The van der Waals surface area contributed by atoms with Gasteiger partial charge in [-0.15, -0.1) is 0 Å². The van der Waals surface area contributed by atoms with Crippen LogP contribution in [0.3, 0.4) is 0 Å². The van der Waals surface area contributed by atoms with E-state index in [1.807, 2.05) is 6.92 Å². The molecule has 0 unspecified atom stereocenters. The third-order valence-corrected chi connectivity index (χ3v) is 3.63. The summed E-state index contributed by atoms with van der Waals surface area (Å²) in [7, 11) is 0. The van der Waals surface area contributed by atoms with Gasteiger partial charge in [-0.25, -0.2) is 0 Å². The van der Waals surface area contributed by atoms with Crippen molar-refractivity contribution in [3.63, 3.8) is 0 Å². The van der Waals surface area contributed by atoms with E-state index < -0.39 is 29.5 Å². The maximum atomic E-state index is 12.2. The van der Waals surface area contributed by atoms with Crippen molar-refractivity contribution >= 4 is 17.3 Å². The Morgan fingerprint density at radius 2 is 2.04 bits per heavy atom. The lowest BCUT2D eigenvalue weighted by atomic mass is 10.1. The Hall–Kier alpha value is -3.33. The van der Waals surface area contributed by atoms with E-state index in [2.05, 4.69) is 25.5 Å². The summed E-state index contributed by atoms with van der Waals surface area (Å²) >= 11 is 0. The molecule has 1 amide bonds. The molecule has 1 aromatic heterocycles. The fourth-order valence-electron chi connectivity index (χ4n) is 2.37. The Morgan fingerprint density at radius 1 is 1.32 bits per heavy atom. The molecule has 25 heavy (non-hydrogen) atoms. The van der Waals surface area contributed by atoms with Crippen molar-refractivity contribution in [3.05, 3.63) is 57.1 Å². The van der Waals surface area contributed by atoms with Gasteiger partial charge in [-0.05, 0) is 24.6 Å². The zero-order chi connectivity index (χ0) is 18.0. The zero-order valence-electron chi connectivity index (χ0n) is 13.3. The largest absolute Gasteiger partial charge is 0.493 e. The molecular weight excluding hydrogens is 326 g/mol. The van der Waals surface area contributed by atoms with E-state index in [1.165, 1.54) is 0 Å². The van der Waals surface area contributed by atoms with Crippen molar-refractivity contribution in [1.29, 1.82) is 0 Å². The fraction of sp³-hybridized carbons (Fsp3) is 0.188. The Morgan fingerprint density at radius 3 is 2.60 bits per heavy atom. The number of aromatic hydroxyl groups is 1. The number of carbonyl (C=O) groups excluding carboxylic acids is 1. The van der Waals surface area contributed by atoms with Gasteiger partial charge in [0.05, 0.1) is 12.2 Å². The van der Waals surface area contributed by atoms with Gasteiger partial charge >= 0.3 is 0 Å². The number of anilines is 1. The normalized spacial score (nSPS) is 13.4. The smallest absolute Gasteiger partial charge is 0.267 e. The van der Waals surface area contributed by atoms with Gasteiger partial charge in [0.15, 0.2) is 5.56 Å². The van der Waals surface area contributed by atoms with Crippen molar-refractivity contribution in [2.24, 2.45) is 10.2 Å². The van der Waals surface area contributed by atoms with E-state index in [0.717, 1.165) is 16.8 Å². The number of carbonyl (C=O) groups is 1. The van der Waals surface area contributed by atoms with Gasteiger partial charge in [-0.1, -0.05) is 12.1 Å². The van der Waals surface area contributed by atoms with Crippen molar-refractivity contribution in [2.75, 3.05) is 11.9 Å². The molecule has 0 spiro atoms. The number of rotatable bonds is 4. The molecule has 0 aliphatic carbocycles. The summed E-state index contributed by atoms with van der Waals surface area (Å²) in [5.41, 5.74) is 1.81. The predicted octanol–water partition coefficient (Wildman–Crippen LogP) is 1.42. The van der Waals surface area contributed by atoms with E-state index >= 15 is 0 Å².